The van der Waals surface area contributed by atoms with Crippen LogP contribution in [0.25, 0.3) is 5.70 Å². The molecule has 0 saturated carbocycles. The Morgan fingerprint density at radius 2 is 1.87 bits per heavy atom. The van der Waals surface area contributed by atoms with Crippen LogP contribution in [-0.4, -0.2) is 20.2 Å². The molecule has 1 aliphatic heterocycles. The number of hydrogen-bond acceptors (Lipinski definition) is 4. The Morgan fingerprint density at radius 3 is 2.65 bits per heavy atom. The lowest BCUT2D eigenvalue weighted by atomic mass is 10.0. The van der Waals surface area contributed by atoms with Gasteiger partial charge in [0.05, 0.1) is 0 Å². The molecular formula is C17H14FN5. The summed E-state index contributed by atoms with van der Waals surface area (Å²) in [7, 11) is 0. The summed E-state index contributed by atoms with van der Waals surface area (Å²) in [6.45, 7) is 2.04. The predicted molar refractivity (Wildman–Crippen MR) is 85.1 cm³/mol. The second-order valence-corrected chi connectivity index (χ2v) is 5.48. The zero-order chi connectivity index (χ0) is 15.8. The molecular weight excluding hydrogens is 293 g/mol. The zero-order valence-corrected chi connectivity index (χ0v) is 12.4. The lowest BCUT2D eigenvalue weighted by Gasteiger charge is -2.23. The van der Waals surface area contributed by atoms with Crippen molar-refractivity contribution >= 4 is 11.6 Å². The molecule has 1 N–H and O–H groups in total. The largest absolute Gasteiger partial charge is 0.323 e. The number of halogens is 1. The van der Waals surface area contributed by atoms with Crippen molar-refractivity contribution in [3.8, 4) is 0 Å². The maximum Gasteiger partial charge on any atom is 0.248 e. The fourth-order valence-corrected chi connectivity index (χ4v) is 2.69. The Bertz CT molecular complexity index is 882. The van der Waals surface area contributed by atoms with Crippen molar-refractivity contribution in [3.05, 3.63) is 77.1 Å². The molecule has 0 aliphatic carbocycles. The number of rotatable bonds is 2. The predicted octanol–water partition coefficient (Wildman–Crippen LogP) is 3.18. The molecule has 5 nitrogen and oxygen atoms in total. The number of anilines is 1. The van der Waals surface area contributed by atoms with Gasteiger partial charge >= 0.3 is 0 Å². The minimum absolute atomic E-state index is 0.277. The first kappa shape index (κ1) is 13.6. The number of benzene rings is 2. The number of tetrazole rings is 1. The van der Waals surface area contributed by atoms with Gasteiger partial charge < -0.3 is 5.32 Å². The Kier molecular flexibility index (Phi) is 3.15. The van der Waals surface area contributed by atoms with E-state index in [4.69, 9.17) is 0 Å². The highest BCUT2D eigenvalue weighted by atomic mass is 19.1. The summed E-state index contributed by atoms with van der Waals surface area (Å²) in [6, 6.07) is 14.4. The van der Waals surface area contributed by atoms with E-state index in [9.17, 15) is 4.39 Å². The summed E-state index contributed by atoms with van der Waals surface area (Å²) < 4.78 is 15.8. The topological polar surface area (TPSA) is 55.6 Å². The fourth-order valence-electron chi connectivity index (χ4n) is 2.69. The highest BCUT2D eigenvalue weighted by Gasteiger charge is 2.26. The van der Waals surface area contributed by atoms with Gasteiger partial charge in [0.25, 0.3) is 0 Å². The van der Waals surface area contributed by atoms with Gasteiger partial charge in [0.1, 0.15) is 11.9 Å². The van der Waals surface area contributed by atoms with Crippen LogP contribution in [-0.2, 0) is 0 Å². The van der Waals surface area contributed by atoms with Crippen molar-refractivity contribution in [3.63, 3.8) is 0 Å². The van der Waals surface area contributed by atoms with E-state index in [2.05, 4.69) is 20.8 Å². The van der Waals surface area contributed by atoms with Crippen molar-refractivity contribution in [2.24, 2.45) is 0 Å². The van der Waals surface area contributed by atoms with E-state index in [-0.39, 0.29) is 5.82 Å². The van der Waals surface area contributed by atoms with E-state index in [0.29, 0.717) is 11.5 Å². The monoisotopic (exact) mass is 307 g/mol. The Labute approximate surface area is 132 Å². The highest BCUT2D eigenvalue weighted by Crippen LogP contribution is 2.32. The van der Waals surface area contributed by atoms with E-state index < -0.39 is 6.04 Å². The van der Waals surface area contributed by atoms with Crippen LogP contribution in [0, 0.1) is 12.7 Å². The third-order valence-corrected chi connectivity index (χ3v) is 3.91. The second kappa shape index (κ2) is 5.31. The number of aromatic nitrogens is 4. The summed E-state index contributed by atoms with van der Waals surface area (Å²) in [5.74, 6) is 0.219. The maximum atomic E-state index is 14.2. The molecule has 2 heterocycles. The minimum Gasteiger partial charge on any atom is -0.323 e. The van der Waals surface area contributed by atoms with E-state index in [1.54, 1.807) is 16.8 Å². The first-order valence-corrected chi connectivity index (χ1v) is 7.30. The van der Waals surface area contributed by atoms with E-state index >= 15 is 0 Å². The molecule has 0 fully saturated rings. The summed E-state index contributed by atoms with van der Waals surface area (Å²) in [4.78, 5) is 0. The number of fused-ring (bicyclic) bond motifs is 1. The molecule has 0 radical (unpaired) electrons. The van der Waals surface area contributed by atoms with Gasteiger partial charge in [-0.05, 0) is 35.1 Å². The molecule has 114 valence electrons. The van der Waals surface area contributed by atoms with Crippen LogP contribution in [0.2, 0.25) is 0 Å². The molecule has 1 aliphatic rings. The van der Waals surface area contributed by atoms with Crippen LogP contribution in [0.3, 0.4) is 0 Å². The molecule has 2 aromatic carbocycles. The average Bonchev–Trinajstić information content (AvgIpc) is 3.04. The van der Waals surface area contributed by atoms with Gasteiger partial charge in [-0.15, -0.1) is 0 Å². The quantitative estimate of drug-likeness (QED) is 0.790. The highest BCUT2D eigenvalue weighted by molar-refractivity contribution is 5.77. The van der Waals surface area contributed by atoms with Gasteiger partial charge in [0.15, 0.2) is 0 Å². The van der Waals surface area contributed by atoms with Crippen molar-refractivity contribution in [2.45, 2.75) is 13.0 Å². The van der Waals surface area contributed by atoms with Crippen LogP contribution >= 0.6 is 0 Å². The van der Waals surface area contributed by atoms with Crippen LogP contribution in [0.1, 0.15) is 22.7 Å². The normalized spacial score (nSPS) is 16.4. The Morgan fingerprint density at radius 1 is 1.09 bits per heavy atom. The molecule has 0 amide bonds. The van der Waals surface area contributed by atoms with Crippen molar-refractivity contribution in [1.82, 2.24) is 20.2 Å². The molecule has 23 heavy (non-hydrogen) atoms. The average molecular weight is 307 g/mol. The van der Waals surface area contributed by atoms with Crippen LogP contribution in [0.5, 0.6) is 0 Å². The van der Waals surface area contributed by atoms with Gasteiger partial charge in [0.2, 0.25) is 5.95 Å². The number of hydrogen-bond donors (Lipinski definition) is 1. The molecule has 1 aromatic heterocycles. The molecule has 0 spiro atoms. The minimum atomic E-state index is -0.390. The lowest BCUT2D eigenvalue weighted by Crippen LogP contribution is -2.21. The molecule has 1 atom stereocenters. The molecule has 0 bridgehead atoms. The van der Waals surface area contributed by atoms with E-state index in [0.717, 1.165) is 11.3 Å². The lowest BCUT2D eigenvalue weighted by molar-refractivity contribution is 0.540. The number of nitrogens with zero attached hydrogens (tertiary/aromatic N) is 4. The van der Waals surface area contributed by atoms with Gasteiger partial charge in [-0.1, -0.05) is 53.1 Å². The zero-order valence-electron chi connectivity index (χ0n) is 12.4. The first-order valence-electron chi connectivity index (χ1n) is 7.30. The summed E-state index contributed by atoms with van der Waals surface area (Å²) in [6.07, 6.45) is 1.94. The smallest absolute Gasteiger partial charge is 0.248 e. The Hall–Kier alpha value is -3.02. The summed E-state index contributed by atoms with van der Waals surface area (Å²) >= 11 is 0. The maximum absolute atomic E-state index is 14.2. The van der Waals surface area contributed by atoms with Crippen LogP contribution < -0.4 is 5.32 Å². The first-order chi connectivity index (χ1) is 11.2. The molecule has 3 aromatic rings. The van der Waals surface area contributed by atoms with Gasteiger partial charge in [-0.3, -0.25) is 0 Å². The fraction of sp³-hybridized carbons (Fsp3) is 0.118. The van der Waals surface area contributed by atoms with E-state index in [1.807, 2.05) is 43.3 Å². The molecule has 6 heteroatoms. The summed E-state index contributed by atoms with van der Waals surface area (Å²) in [5.41, 5.74) is 3.58. The van der Waals surface area contributed by atoms with Crippen LogP contribution in [0.4, 0.5) is 10.3 Å². The van der Waals surface area contributed by atoms with Gasteiger partial charge in [0, 0.05) is 11.3 Å². The number of allylic oxidation sites excluding steroid dienone is 1. The third-order valence-electron chi connectivity index (χ3n) is 3.91. The standard InChI is InChI=1S/C17H14FN5/c1-11-6-8-12(9-7-11)15-10-16(13-4-2-3-5-14(13)18)23-17(19-15)20-21-22-23/h2-10,16H,1H3,(H,19,20,22). The number of aryl methyl sites for hydroxylation is 1. The van der Waals surface area contributed by atoms with Gasteiger partial charge in [-0.25, -0.2) is 4.39 Å². The molecule has 0 saturated heterocycles. The number of nitrogens with one attached hydrogen (secondary N) is 1. The SMILES string of the molecule is Cc1ccc(C2=CC(c3ccccc3F)n3nnnc3N2)cc1. The second-order valence-electron chi connectivity index (χ2n) is 5.48. The van der Waals surface area contributed by atoms with Gasteiger partial charge in [-0.2, -0.15) is 4.68 Å². The summed E-state index contributed by atoms with van der Waals surface area (Å²) in [5, 5.41) is 14.9. The van der Waals surface area contributed by atoms with Crippen molar-refractivity contribution in [1.29, 1.82) is 0 Å². The van der Waals surface area contributed by atoms with Crippen molar-refractivity contribution in [2.75, 3.05) is 5.32 Å². The van der Waals surface area contributed by atoms with Crippen LogP contribution in [0.15, 0.2) is 54.6 Å². The van der Waals surface area contributed by atoms with E-state index in [1.165, 1.54) is 11.6 Å². The molecule has 1 unspecified atom stereocenters. The third kappa shape index (κ3) is 2.38. The molecule has 4 rings (SSSR count). The Balaban J connectivity index is 1.83. The van der Waals surface area contributed by atoms with Crippen molar-refractivity contribution < 1.29 is 4.39 Å².